The minimum atomic E-state index is -0.448. The third-order valence-electron chi connectivity index (χ3n) is 13.4. The highest BCUT2D eigenvalue weighted by Crippen LogP contribution is 2.65. The van der Waals surface area contributed by atoms with Gasteiger partial charge in [0.25, 0.3) is 0 Å². The molecule has 0 bridgehead atoms. The maximum atomic E-state index is 2.46. The minimum Gasteiger partial charge on any atom is -0.0622 e. The van der Waals surface area contributed by atoms with Crippen LogP contribution in [0.1, 0.15) is 22.3 Å². The Hall–Kier alpha value is -7.54. The Morgan fingerprint density at radius 3 is 1.27 bits per heavy atom. The van der Waals surface area contributed by atoms with Crippen LogP contribution in [0.2, 0.25) is 0 Å². The Morgan fingerprint density at radius 2 is 0.661 bits per heavy atom. The molecule has 0 saturated heterocycles. The van der Waals surface area contributed by atoms with E-state index in [1.165, 1.54) is 121 Å². The lowest BCUT2D eigenvalue weighted by atomic mass is 9.68. The molecule has 11 aromatic carbocycles. The van der Waals surface area contributed by atoms with Crippen LogP contribution in [0, 0.1) is 0 Å². The molecule has 2 aliphatic carbocycles. The summed E-state index contributed by atoms with van der Waals surface area (Å²) < 4.78 is 0. The minimum absolute atomic E-state index is 0.448. The van der Waals surface area contributed by atoms with Gasteiger partial charge in [-0.25, -0.2) is 0 Å². The van der Waals surface area contributed by atoms with Gasteiger partial charge < -0.3 is 0 Å². The molecule has 0 unspecified atom stereocenters. The van der Waals surface area contributed by atoms with Crippen LogP contribution in [0.25, 0.3) is 98.7 Å². The van der Waals surface area contributed by atoms with E-state index in [9.17, 15) is 0 Å². The van der Waals surface area contributed by atoms with Crippen LogP contribution in [-0.4, -0.2) is 0 Å². The van der Waals surface area contributed by atoms with Crippen molar-refractivity contribution in [1.29, 1.82) is 0 Å². The first-order valence-corrected chi connectivity index (χ1v) is 20.7. The van der Waals surface area contributed by atoms with Gasteiger partial charge in [0, 0.05) is 0 Å². The summed E-state index contributed by atoms with van der Waals surface area (Å²) in [6, 6.07) is 81.8. The number of fused-ring (bicyclic) bond motifs is 16. The molecule has 59 heavy (non-hydrogen) atoms. The third-order valence-corrected chi connectivity index (χ3v) is 13.4. The Labute approximate surface area is 343 Å². The molecular formula is C59H36. The smallest absolute Gasteiger partial charge is 0.0622 e. The lowest BCUT2D eigenvalue weighted by Crippen LogP contribution is -2.26. The van der Waals surface area contributed by atoms with Crippen molar-refractivity contribution in [3.8, 4) is 55.6 Å². The molecule has 1 spiro atoms. The molecule has 0 nitrogen and oxygen atoms in total. The van der Waals surface area contributed by atoms with E-state index in [1.807, 2.05) is 0 Å². The zero-order valence-electron chi connectivity index (χ0n) is 32.3. The van der Waals surface area contributed by atoms with E-state index in [-0.39, 0.29) is 0 Å². The number of hydrogen-bond acceptors (Lipinski definition) is 0. The molecule has 0 aromatic heterocycles. The Balaban J connectivity index is 1.07. The summed E-state index contributed by atoms with van der Waals surface area (Å²) in [6.07, 6.45) is 0. The van der Waals surface area contributed by atoms with E-state index >= 15 is 0 Å². The van der Waals surface area contributed by atoms with Crippen LogP contribution in [-0.2, 0) is 5.41 Å². The normalized spacial score (nSPS) is 13.2. The van der Waals surface area contributed by atoms with Crippen molar-refractivity contribution in [2.24, 2.45) is 0 Å². The first-order chi connectivity index (χ1) is 29.3. The van der Waals surface area contributed by atoms with Gasteiger partial charge in [-0.15, -0.1) is 0 Å². The van der Waals surface area contributed by atoms with Crippen LogP contribution < -0.4 is 0 Å². The standard InChI is InChI=1S/C59H36/c1-2-14-37(15-3-1)38-26-28-40(29-27-38)55-47-20-6-8-22-49(47)56(50-23-9-7-21-48(50)55)42-32-33-44-41(36-42)31-35-52-51-34-30-39-16-4-5-17-43(39)57(51)59(58(44)52)53-24-12-10-18-45(53)46-19-11-13-25-54(46)59/h1-36H. The van der Waals surface area contributed by atoms with E-state index in [1.54, 1.807) is 0 Å². The highest BCUT2D eigenvalue weighted by atomic mass is 14.5. The number of hydrogen-bond donors (Lipinski definition) is 0. The topological polar surface area (TPSA) is 0 Å². The highest BCUT2D eigenvalue weighted by molar-refractivity contribution is 6.22. The van der Waals surface area contributed by atoms with E-state index < -0.39 is 5.41 Å². The maximum Gasteiger partial charge on any atom is 0.0737 e. The summed E-state index contributed by atoms with van der Waals surface area (Å²) in [5.74, 6) is 0. The van der Waals surface area contributed by atoms with Crippen LogP contribution in [0.3, 0.4) is 0 Å². The Kier molecular flexibility index (Phi) is 6.74. The van der Waals surface area contributed by atoms with Crippen molar-refractivity contribution in [3.05, 3.63) is 241 Å². The molecule has 11 aromatic rings. The number of benzene rings is 11. The second-order valence-corrected chi connectivity index (χ2v) is 16.3. The molecular weight excluding hydrogens is 709 g/mol. The zero-order chi connectivity index (χ0) is 38.7. The van der Waals surface area contributed by atoms with Gasteiger partial charge in [0.2, 0.25) is 0 Å². The summed E-state index contributed by atoms with van der Waals surface area (Å²) in [5.41, 5.74) is 17.9. The molecule has 272 valence electrons. The van der Waals surface area contributed by atoms with Gasteiger partial charge >= 0.3 is 0 Å². The molecule has 0 heterocycles. The highest BCUT2D eigenvalue weighted by Gasteiger charge is 2.53. The molecule has 0 atom stereocenters. The molecule has 0 fully saturated rings. The molecule has 0 amide bonds. The molecule has 2 aliphatic rings. The summed E-state index contributed by atoms with van der Waals surface area (Å²) in [5, 5.41) is 10.2. The van der Waals surface area contributed by atoms with Gasteiger partial charge in [-0.05, 0) is 127 Å². The van der Waals surface area contributed by atoms with E-state index in [0.29, 0.717) is 0 Å². The van der Waals surface area contributed by atoms with E-state index in [4.69, 9.17) is 0 Å². The van der Waals surface area contributed by atoms with Crippen molar-refractivity contribution < 1.29 is 0 Å². The zero-order valence-corrected chi connectivity index (χ0v) is 32.3. The fraction of sp³-hybridized carbons (Fsp3) is 0.0169. The average Bonchev–Trinajstić information content (AvgIpc) is 3.78. The average molecular weight is 745 g/mol. The predicted molar refractivity (Wildman–Crippen MR) is 249 cm³/mol. The molecule has 0 heteroatoms. The van der Waals surface area contributed by atoms with Gasteiger partial charge in [0.1, 0.15) is 0 Å². The van der Waals surface area contributed by atoms with Crippen LogP contribution in [0.5, 0.6) is 0 Å². The van der Waals surface area contributed by atoms with Crippen molar-refractivity contribution in [1.82, 2.24) is 0 Å². The summed E-state index contributed by atoms with van der Waals surface area (Å²) >= 11 is 0. The van der Waals surface area contributed by atoms with Crippen LogP contribution in [0.15, 0.2) is 218 Å². The van der Waals surface area contributed by atoms with Crippen molar-refractivity contribution in [3.63, 3.8) is 0 Å². The van der Waals surface area contributed by atoms with Gasteiger partial charge in [-0.1, -0.05) is 212 Å². The second kappa shape index (κ2) is 12.2. The van der Waals surface area contributed by atoms with E-state index in [0.717, 1.165) is 0 Å². The molecule has 13 rings (SSSR count). The monoisotopic (exact) mass is 744 g/mol. The lowest BCUT2D eigenvalue weighted by Gasteiger charge is -2.32. The van der Waals surface area contributed by atoms with Crippen molar-refractivity contribution in [2.75, 3.05) is 0 Å². The van der Waals surface area contributed by atoms with Gasteiger partial charge in [-0.2, -0.15) is 0 Å². The van der Waals surface area contributed by atoms with Gasteiger partial charge in [-0.3, -0.25) is 0 Å². The molecule has 0 N–H and O–H groups in total. The van der Waals surface area contributed by atoms with Crippen molar-refractivity contribution in [2.45, 2.75) is 5.41 Å². The third kappa shape index (κ3) is 4.38. The Bertz CT molecular complexity index is 3430. The first kappa shape index (κ1) is 32.5. The summed E-state index contributed by atoms with van der Waals surface area (Å²) in [4.78, 5) is 0. The fourth-order valence-electron chi connectivity index (χ4n) is 11.1. The molecule has 0 radical (unpaired) electrons. The first-order valence-electron chi connectivity index (χ1n) is 20.7. The molecule has 0 saturated carbocycles. The summed E-state index contributed by atoms with van der Waals surface area (Å²) in [6.45, 7) is 0. The SMILES string of the molecule is c1ccc(-c2ccc(-c3c4ccccc4c(-c4ccc5c6c(ccc5c4)-c4ccc5ccccc5c4C64c5ccccc5-c5ccccc54)c4ccccc34)cc2)cc1. The lowest BCUT2D eigenvalue weighted by molar-refractivity contribution is 0.809. The maximum absolute atomic E-state index is 2.46. The predicted octanol–water partition coefficient (Wildman–Crippen LogP) is 15.6. The number of rotatable bonds is 3. The van der Waals surface area contributed by atoms with E-state index in [2.05, 4.69) is 218 Å². The van der Waals surface area contributed by atoms with Crippen molar-refractivity contribution >= 4 is 43.1 Å². The van der Waals surface area contributed by atoms with Crippen LogP contribution >= 0.6 is 0 Å². The van der Waals surface area contributed by atoms with Gasteiger partial charge in [0.15, 0.2) is 0 Å². The second-order valence-electron chi connectivity index (χ2n) is 16.3. The quantitative estimate of drug-likeness (QED) is 0.158. The van der Waals surface area contributed by atoms with Gasteiger partial charge in [0.05, 0.1) is 5.41 Å². The fourth-order valence-corrected chi connectivity index (χ4v) is 11.1. The van der Waals surface area contributed by atoms with Crippen LogP contribution in [0.4, 0.5) is 0 Å². The Morgan fingerprint density at radius 1 is 0.237 bits per heavy atom. The summed E-state index contributed by atoms with van der Waals surface area (Å²) in [7, 11) is 0. The molecule has 0 aliphatic heterocycles. The largest absolute Gasteiger partial charge is 0.0737 e.